The maximum Gasteiger partial charge on any atom is 0.0929 e. The van der Waals surface area contributed by atoms with Gasteiger partial charge in [-0.05, 0) is 36.8 Å². The van der Waals surface area contributed by atoms with Crippen LogP contribution in [0.3, 0.4) is 0 Å². The van der Waals surface area contributed by atoms with Crippen molar-refractivity contribution in [1.29, 1.82) is 0 Å². The summed E-state index contributed by atoms with van der Waals surface area (Å²) in [6.07, 6.45) is 7.08. The average molecular weight is 231 g/mol. The molecular weight excluding hydrogens is 210 g/mol. The summed E-state index contributed by atoms with van der Waals surface area (Å²) in [5.41, 5.74) is 9.02. The summed E-state index contributed by atoms with van der Waals surface area (Å²) in [5.74, 6) is 0. The largest absolute Gasteiger partial charge is 0.374 e. The summed E-state index contributed by atoms with van der Waals surface area (Å²) in [6, 6.07) is 8.83. The van der Waals surface area contributed by atoms with E-state index in [4.69, 9.17) is 10.5 Å². The lowest BCUT2D eigenvalue weighted by atomic mass is 9.88. The second kappa shape index (κ2) is 3.82. The molecule has 0 saturated heterocycles. The molecule has 1 aromatic rings. The number of hydrogen-bond acceptors (Lipinski definition) is 2. The molecule has 0 unspecified atom stereocenters. The van der Waals surface area contributed by atoms with Crippen molar-refractivity contribution >= 4 is 0 Å². The Hall–Kier alpha value is -0.860. The molecule has 2 aliphatic carbocycles. The molecule has 2 fully saturated rings. The number of benzene rings is 1. The molecule has 2 aliphatic rings. The van der Waals surface area contributed by atoms with E-state index in [1.807, 2.05) is 7.11 Å². The topological polar surface area (TPSA) is 35.2 Å². The zero-order valence-electron chi connectivity index (χ0n) is 10.5. The van der Waals surface area contributed by atoms with Crippen LogP contribution in [0, 0.1) is 0 Å². The monoisotopic (exact) mass is 231 g/mol. The fourth-order valence-electron chi connectivity index (χ4n) is 3.12. The Balaban J connectivity index is 1.85. The molecule has 0 heterocycles. The van der Waals surface area contributed by atoms with Crippen LogP contribution >= 0.6 is 0 Å². The number of ether oxygens (including phenoxy) is 1. The van der Waals surface area contributed by atoms with Gasteiger partial charge < -0.3 is 10.5 Å². The van der Waals surface area contributed by atoms with Crippen LogP contribution in [0.1, 0.15) is 49.7 Å². The first-order valence-corrected chi connectivity index (χ1v) is 6.64. The van der Waals surface area contributed by atoms with Crippen LogP contribution in [0.25, 0.3) is 0 Å². The SMILES string of the molecule is COC1(c2ccc(C3(N)CCCC3)cc2)CC1. The zero-order valence-corrected chi connectivity index (χ0v) is 10.5. The third-order valence-corrected chi connectivity index (χ3v) is 4.58. The molecule has 17 heavy (non-hydrogen) atoms. The summed E-state index contributed by atoms with van der Waals surface area (Å²) < 4.78 is 5.59. The molecule has 2 saturated carbocycles. The van der Waals surface area contributed by atoms with Crippen molar-refractivity contribution in [3.63, 3.8) is 0 Å². The lowest BCUT2D eigenvalue weighted by Crippen LogP contribution is -2.33. The number of nitrogens with two attached hydrogens (primary N) is 1. The van der Waals surface area contributed by atoms with Gasteiger partial charge in [-0.3, -0.25) is 0 Å². The average Bonchev–Trinajstić information content (AvgIpc) is 3.06. The highest BCUT2D eigenvalue weighted by Gasteiger charge is 2.44. The van der Waals surface area contributed by atoms with E-state index in [1.54, 1.807) is 0 Å². The van der Waals surface area contributed by atoms with Gasteiger partial charge in [-0.2, -0.15) is 0 Å². The lowest BCUT2D eigenvalue weighted by molar-refractivity contribution is 0.0789. The molecule has 0 atom stereocenters. The molecule has 0 aliphatic heterocycles. The molecule has 0 aromatic heterocycles. The van der Waals surface area contributed by atoms with Crippen molar-refractivity contribution in [3.05, 3.63) is 35.4 Å². The normalized spacial score (nSPS) is 24.8. The van der Waals surface area contributed by atoms with Crippen molar-refractivity contribution in [3.8, 4) is 0 Å². The molecule has 2 nitrogen and oxygen atoms in total. The van der Waals surface area contributed by atoms with Crippen LogP contribution in [0.2, 0.25) is 0 Å². The molecular formula is C15H21NO. The molecule has 0 amide bonds. The molecule has 0 bridgehead atoms. The van der Waals surface area contributed by atoms with E-state index in [0.717, 1.165) is 25.7 Å². The second-order valence-corrected chi connectivity index (χ2v) is 5.64. The Labute approximate surface area is 103 Å². The molecule has 2 N–H and O–H groups in total. The fourth-order valence-corrected chi connectivity index (χ4v) is 3.12. The molecule has 1 aromatic carbocycles. The highest BCUT2D eigenvalue weighted by molar-refractivity contribution is 5.34. The maximum atomic E-state index is 6.46. The third kappa shape index (κ3) is 1.80. The minimum atomic E-state index is -0.0671. The summed E-state index contributed by atoms with van der Waals surface area (Å²) in [5, 5.41) is 0. The quantitative estimate of drug-likeness (QED) is 0.867. The van der Waals surface area contributed by atoms with E-state index < -0.39 is 0 Å². The summed E-state index contributed by atoms with van der Waals surface area (Å²) in [6.45, 7) is 0. The van der Waals surface area contributed by atoms with Gasteiger partial charge in [-0.1, -0.05) is 37.1 Å². The van der Waals surface area contributed by atoms with Gasteiger partial charge in [0, 0.05) is 12.6 Å². The Morgan fingerprint density at radius 2 is 1.47 bits per heavy atom. The summed E-state index contributed by atoms with van der Waals surface area (Å²) in [4.78, 5) is 0. The Morgan fingerprint density at radius 1 is 0.941 bits per heavy atom. The van der Waals surface area contributed by atoms with E-state index in [9.17, 15) is 0 Å². The minimum absolute atomic E-state index is 0.0238. The van der Waals surface area contributed by atoms with Gasteiger partial charge in [0.15, 0.2) is 0 Å². The predicted octanol–water partition coefficient (Wildman–Crippen LogP) is 3.05. The number of rotatable bonds is 3. The fraction of sp³-hybridized carbons (Fsp3) is 0.600. The van der Waals surface area contributed by atoms with Gasteiger partial charge >= 0.3 is 0 Å². The standard InChI is InChI=1S/C15H21NO/c1-17-15(10-11-15)13-6-4-12(5-7-13)14(16)8-2-3-9-14/h4-7H,2-3,8-11,16H2,1H3. The Bertz CT molecular complexity index is 399. The molecule has 0 radical (unpaired) electrons. The van der Waals surface area contributed by atoms with E-state index in [1.165, 1.54) is 24.0 Å². The molecule has 3 rings (SSSR count). The molecule has 2 heteroatoms. The Morgan fingerprint density at radius 3 is 1.94 bits per heavy atom. The highest BCUT2D eigenvalue weighted by Crippen LogP contribution is 2.49. The number of methoxy groups -OCH3 is 1. The van der Waals surface area contributed by atoms with Crippen molar-refractivity contribution in [2.24, 2.45) is 5.73 Å². The van der Waals surface area contributed by atoms with Crippen LogP contribution in [0.15, 0.2) is 24.3 Å². The van der Waals surface area contributed by atoms with Gasteiger partial charge in [0.05, 0.1) is 5.60 Å². The molecule has 0 spiro atoms. The van der Waals surface area contributed by atoms with Crippen LogP contribution in [-0.4, -0.2) is 7.11 Å². The second-order valence-electron chi connectivity index (χ2n) is 5.64. The minimum Gasteiger partial charge on any atom is -0.374 e. The number of hydrogen-bond donors (Lipinski definition) is 1. The first-order valence-electron chi connectivity index (χ1n) is 6.64. The van der Waals surface area contributed by atoms with Crippen LogP contribution in [0.5, 0.6) is 0 Å². The van der Waals surface area contributed by atoms with Crippen LogP contribution in [-0.2, 0) is 15.9 Å². The van der Waals surface area contributed by atoms with E-state index in [0.29, 0.717) is 0 Å². The van der Waals surface area contributed by atoms with E-state index in [2.05, 4.69) is 24.3 Å². The van der Waals surface area contributed by atoms with Crippen molar-refractivity contribution in [1.82, 2.24) is 0 Å². The predicted molar refractivity (Wildman–Crippen MR) is 68.7 cm³/mol. The first kappa shape index (κ1) is 11.2. The van der Waals surface area contributed by atoms with Crippen molar-refractivity contribution in [2.45, 2.75) is 49.7 Å². The lowest BCUT2D eigenvalue weighted by Gasteiger charge is -2.25. The Kier molecular flexibility index (Phi) is 2.53. The third-order valence-electron chi connectivity index (χ3n) is 4.58. The van der Waals surface area contributed by atoms with Crippen molar-refractivity contribution < 1.29 is 4.74 Å². The van der Waals surface area contributed by atoms with Gasteiger partial charge in [0.2, 0.25) is 0 Å². The van der Waals surface area contributed by atoms with Crippen LogP contribution < -0.4 is 5.73 Å². The van der Waals surface area contributed by atoms with Crippen LogP contribution in [0.4, 0.5) is 0 Å². The summed E-state index contributed by atoms with van der Waals surface area (Å²) in [7, 11) is 1.81. The summed E-state index contributed by atoms with van der Waals surface area (Å²) >= 11 is 0. The maximum absolute atomic E-state index is 6.46. The smallest absolute Gasteiger partial charge is 0.0929 e. The first-order chi connectivity index (χ1) is 8.19. The molecule has 92 valence electrons. The van der Waals surface area contributed by atoms with Gasteiger partial charge in [0.25, 0.3) is 0 Å². The van der Waals surface area contributed by atoms with Gasteiger partial charge in [-0.15, -0.1) is 0 Å². The van der Waals surface area contributed by atoms with E-state index in [-0.39, 0.29) is 11.1 Å². The zero-order chi connectivity index (χ0) is 11.9. The highest BCUT2D eigenvalue weighted by atomic mass is 16.5. The van der Waals surface area contributed by atoms with Gasteiger partial charge in [-0.25, -0.2) is 0 Å². The van der Waals surface area contributed by atoms with Crippen molar-refractivity contribution in [2.75, 3.05) is 7.11 Å². The van der Waals surface area contributed by atoms with Gasteiger partial charge in [0.1, 0.15) is 0 Å². The van der Waals surface area contributed by atoms with E-state index >= 15 is 0 Å².